The molecule has 0 fully saturated rings. The van der Waals surface area contributed by atoms with Gasteiger partial charge in [0, 0.05) is 16.8 Å². The number of phenols is 1. The lowest BCUT2D eigenvalue weighted by Gasteiger charge is -2.15. The van der Waals surface area contributed by atoms with Gasteiger partial charge in [0.05, 0.1) is 6.04 Å². The molecule has 0 heterocycles. The van der Waals surface area contributed by atoms with E-state index in [1.54, 1.807) is 12.1 Å². The van der Waals surface area contributed by atoms with Gasteiger partial charge in [-0.1, -0.05) is 41.9 Å². The predicted molar refractivity (Wildman–Crippen MR) is 81.6 cm³/mol. The largest absolute Gasteiger partial charge is 0.507 e. The molecule has 20 heavy (non-hydrogen) atoms. The van der Waals surface area contributed by atoms with Gasteiger partial charge in [-0.05, 0) is 30.7 Å². The Morgan fingerprint density at radius 2 is 1.85 bits per heavy atom. The molecule has 0 saturated carbocycles. The van der Waals surface area contributed by atoms with Crippen molar-refractivity contribution in [3.05, 3.63) is 64.7 Å². The van der Waals surface area contributed by atoms with E-state index in [2.05, 4.69) is 4.99 Å². The highest BCUT2D eigenvalue weighted by molar-refractivity contribution is 6.30. The molecule has 0 aliphatic carbocycles. The molecule has 0 bridgehead atoms. The van der Waals surface area contributed by atoms with Gasteiger partial charge < -0.3 is 10.2 Å². The zero-order valence-corrected chi connectivity index (χ0v) is 11.8. The summed E-state index contributed by atoms with van der Waals surface area (Å²) in [5.41, 5.74) is 1.34. The maximum atomic E-state index is 10.2. The van der Waals surface area contributed by atoms with Crippen molar-refractivity contribution >= 4 is 17.8 Å². The van der Waals surface area contributed by atoms with Crippen LogP contribution in [0.1, 0.15) is 24.2 Å². The van der Waals surface area contributed by atoms with Crippen LogP contribution in [0.2, 0.25) is 5.02 Å². The molecule has 2 atom stereocenters. The zero-order valence-electron chi connectivity index (χ0n) is 11.1. The number of hydrogen-bond acceptors (Lipinski definition) is 3. The molecular formula is C16H16ClNO2. The van der Waals surface area contributed by atoms with Crippen molar-refractivity contribution in [2.24, 2.45) is 4.99 Å². The van der Waals surface area contributed by atoms with Crippen LogP contribution in [-0.2, 0) is 0 Å². The second kappa shape index (κ2) is 6.55. The summed E-state index contributed by atoms with van der Waals surface area (Å²) in [5.74, 6) is 0.111. The average molecular weight is 290 g/mol. The normalized spacial score (nSPS) is 14.3. The first-order valence-corrected chi connectivity index (χ1v) is 6.70. The number of hydrogen-bond donors (Lipinski definition) is 2. The van der Waals surface area contributed by atoms with Crippen molar-refractivity contribution < 1.29 is 10.2 Å². The predicted octanol–water partition coefficient (Wildman–Crippen LogP) is 3.59. The topological polar surface area (TPSA) is 52.8 Å². The van der Waals surface area contributed by atoms with Crippen LogP contribution in [0, 0.1) is 0 Å². The number of phenolic OH excluding ortho intramolecular Hbond substituents is 1. The summed E-state index contributed by atoms with van der Waals surface area (Å²) >= 11 is 5.87. The molecule has 0 saturated heterocycles. The van der Waals surface area contributed by atoms with Crippen LogP contribution in [0.5, 0.6) is 5.75 Å². The Kier molecular flexibility index (Phi) is 4.77. The Morgan fingerprint density at radius 1 is 1.15 bits per heavy atom. The van der Waals surface area contributed by atoms with Gasteiger partial charge in [-0.25, -0.2) is 0 Å². The molecule has 2 aromatic rings. The van der Waals surface area contributed by atoms with Crippen LogP contribution < -0.4 is 0 Å². The minimum atomic E-state index is -0.686. The van der Waals surface area contributed by atoms with E-state index in [1.165, 1.54) is 12.3 Å². The highest BCUT2D eigenvalue weighted by Crippen LogP contribution is 2.22. The van der Waals surface area contributed by atoms with Gasteiger partial charge in [-0.2, -0.15) is 0 Å². The second-order valence-corrected chi connectivity index (χ2v) is 5.01. The molecule has 0 spiro atoms. The highest BCUT2D eigenvalue weighted by atomic mass is 35.5. The fourth-order valence-electron chi connectivity index (χ4n) is 1.84. The number of aromatic hydroxyl groups is 1. The number of halogens is 1. The first-order valence-electron chi connectivity index (χ1n) is 6.32. The van der Waals surface area contributed by atoms with Gasteiger partial charge in [-0.15, -0.1) is 0 Å². The number of rotatable bonds is 4. The maximum absolute atomic E-state index is 10.2. The Balaban J connectivity index is 2.13. The van der Waals surface area contributed by atoms with E-state index in [4.69, 9.17) is 11.6 Å². The number of aliphatic imine (C=N–C) groups is 1. The molecule has 0 amide bonds. The minimum Gasteiger partial charge on any atom is -0.507 e. The summed E-state index contributed by atoms with van der Waals surface area (Å²) in [6.07, 6.45) is 0.840. The molecule has 0 unspecified atom stereocenters. The van der Waals surface area contributed by atoms with Gasteiger partial charge >= 0.3 is 0 Å². The van der Waals surface area contributed by atoms with E-state index >= 15 is 0 Å². The van der Waals surface area contributed by atoms with E-state index < -0.39 is 6.10 Å². The van der Waals surface area contributed by atoms with E-state index in [1.807, 2.05) is 37.3 Å². The van der Waals surface area contributed by atoms with E-state index in [0.29, 0.717) is 10.6 Å². The summed E-state index contributed by atoms with van der Waals surface area (Å²) in [6.45, 7) is 1.82. The molecular weight excluding hydrogens is 274 g/mol. The van der Waals surface area contributed by atoms with Gasteiger partial charge in [-0.3, -0.25) is 4.99 Å². The molecule has 3 nitrogen and oxygen atoms in total. The number of nitrogens with zero attached hydrogens (tertiary/aromatic N) is 1. The first kappa shape index (κ1) is 14.6. The molecule has 4 heteroatoms. The average Bonchev–Trinajstić information content (AvgIpc) is 2.48. The van der Waals surface area contributed by atoms with Crippen molar-refractivity contribution in [3.8, 4) is 5.75 Å². The van der Waals surface area contributed by atoms with Gasteiger partial charge in [0.25, 0.3) is 0 Å². The summed E-state index contributed by atoms with van der Waals surface area (Å²) in [5, 5.41) is 20.4. The van der Waals surface area contributed by atoms with Crippen molar-refractivity contribution in [1.82, 2.24) is 0 Å². The quantitative estimate of drug-likeness (QED) is 0.845. The summed E-state index contributed by atoms with van der Waals surface area (Å²) in [7, 11) is 0. The molecule has 104 valence electrons. The Bertz CT molecular complexity index is 599. The molecule has 0 aliphatic heterocycles. The van der Waals surface area contributed by atoms with Gasteiger partial charge in [0.2, 0.25) is 0 Å². The van der Waals surface area contributed by atoms with Gasteiger partial charge in [0.15, 0.2) is 0 Å². The van der Waals surface area contributed by atoms with Crippen LogP contribution in [-0.4, -0.2) is 22.5 Å². The van der Waals surface area contributed by atoms with Crippen molar-refractivity contribution in [2.45, 2.75) is 19.1 Å². The zero-order chi connectivity index (χ0) is 14.5. The van der Waals surface area contributed by atoms with Crippen LogP contribution >= 0.6 is 11.6 Å². The Hall–Kier alpha value is -1.84. The van der Waals surface area contributed by atoms with Crippen molar-refractivity contribution in [2.75, 3.05) is 0 Å². The number of benzene rings is 2. The number of aliphatic hydroxyl groups is 1. The van der Waals surface area contributed by atoms with E-state index in [9.17, 15) is 10.2 Å². The Morgan fingerprint density at radius 3 is 2.55 bits per heavy atom. The maximum Gasteiger partial charge on any atom is 0.124 e. The first-order chi connectivity index (χ1) is 9.58. The van der Waals surface area contributed by atoms with Crippen LogP contribution in [0.15, 0.2) is 53.5 Å². The summed E-state index contributed by atoms with van der Waals surface area (Å²) in [6, 6.07) is 13.8. The number of aliphatic hydroxyl groups excluding tert-OH is 1. The third-order valence-electron chi connectivity index (χ3n) is 3.04. The molecule has 2 N–H and O–H groups in total. The minimum absolute atomic E-state index is 0.111. The fraction of sp³-hybridized carbons (Fsp3) is 0.188. The second-order valence-electron chi connectivity index (χ2n) is 4.58. The molecule has 0 aromatic heterocycles. The van der Waals surface area contributed by atoms with Crippen molar-refractivity contribution in [3.63, 3.8) is 0 Å². The third-order valence-corrected chi connectivity index (χ3v) is 3.27. The highest BCUT2D eigenvalue weighted by Gasteiger charge is 2.14. The molecule has 0 aliphatic rings. The van der Waals surface area contributed by atoms with E-state index in [0.717, 1.165) is 5.56 Å². The SMILES string of the molecule is C[C@@H](N=Cc1cc(Cl)ccc1O)[C@@H](O)c1ccccc1. The smallest absolute Gasteiger partial charge is 0.124 e. The summed E-state index contributed by atoms with van der Waals surface area (Å²) in [4.78, 5) is 4.28. The standard InChI is InChI=1S/C16H16ClNO2/c1-11(16(20)12-5-3-2-4-6-12)18-10-13-9-14(17)7-8-15(13)19/h2-11,16,19-20H,1H3/t11-,16-/m1/s1. The third kappa shape index (κ3) is 3.59. The van der Waals surface area contributed by atoms with Gasteiger partial charge in [0.1, 0.15) is 11.9 Å². The fourth-order valence-corrected chi connectivity index (χ4v) is 2.02. The lowest BCUT2D eigenvalue weighted by molar-refractivity contribution is 0.154. The molecule has 2 rings (SSSR count). The van der Waals surface area contributed by atoms with Crippen LogP contribution in [0.4, 0.5) is 0 Å². The summed E-state index contributed by atoms with van der Waals surface area (Å²) < 4.78 is 0. The lowest BCUT2D eigenvalue weighted by atomic mass is 10.0. The molecule has 0 radical (unpaired) electrons. The van der Waals surface area contributed by atoms with E-state index in [-0.39, 0.29) is 11.8 Å². The Labute approximate surface area is 123 Å². The monoisotopic (exact) mass is 289 g/mol. The molecule has 2 aromatic carbocycles. The lowest BCUT2D eigenvalue weighted by Crippen LogP contribution is -2.12. The van der Waals surface area contributed by atoms with Crippen molar-refractivity contribution in [1.29, 1.82) is 0 Å². The van der Waals surface area contributed by atoms with Crippen LogP contribution in [0.25, 0.3) is 0 Å². The van der Waals surface area contributed by atoms with Crippen LogP contribution in [0.3, 0.4) is 0 Å².